The van der Waals surface area contributed by atoms with Gasteiger partial charge in [-0.15, -0.1) is 0 Å². The summed E-state index contributed by atoms with van der Waals surface area (Å²) in [6.45, 7) is -0.704. The number of carboxylic acid groups (broad SMARTS) is 1. The van der Waals surface area contributed by atoms with Crippen LogP contribution in [0.3, 0.4) is 0 Å². The molecule has 1 aliphatic rings. The van der Waals surface area contributed by atoms with Crippen molar-refractivity contribution in [3.8, 4) is 5.75 Å². The van der Waals surface area contributed by atoms with E-state index in [4.69, 9.17) is 4.18 Å². The molecule has 0 aromatic heterocycles. The molecule has 0 spiro atoms. The molecule has 1 N–H and O–H groups in total. The van der Waals surface area contributed by atoms with Crippen LogP contribution in [0.4, 0.5) is 24.5 Å². The molecule has 0 aliphatic carbocycles. The van der Waals surface area contributed by atoms with Gasteiger partial charge in [-0.3, -0.25) is 14.9 Å². The van der Waals surface area contributed by atoms with Crippen molar-refractivity contribution >= 4 is 48.3 Å². The number of nitro groups is 1. The van der Waals surface area contributed by atoms with Gasteiger partial charge in [0.15, 0.2) is 4.90 Å². The molecule has 0 saturated heterocycles. The van der Waals surface area contributed by atoms with Gasteiger partial charge in [0, 0.05) is 49.6 Å². The number of carboxylic acids is 1. The van der Waals surface area contributed by atoms with Crippen LogP contribution in [0.15, 0.2) is 82.6 Å². The van der Waals surface area contributed by atoms with Crippen molar-refractivity contribution in [2.45, 2.75) is 35.0 Å². The Morgan fingerprint density at radius 1 is 0.957 bits per heavy atom. The highest BCUT2D eigenvalue weighted by molar-refractivity contribution is 7.89. The second-order valence-electron chi connectivity index (χ2n) is 10.5. The first-order valence-electron chi connectivity index (χ1n) is 13.3. The molecule has 0 radical (unpaired) electrons. The summed E-state index contributed by atoms with van der Waals surface area (Å²) >= 11 is 0. The number of sulfonamides is 1. The number of nitrogens with zero attached hydrogens (tertiary/aromatic N) is 3. The molecule has 0 unspecified atom stereocenters. The van der Waals surface area contributed by atoms with E-state index in [1.165, 1.54) is 24.3 Å². The average Bonchev–Trinajstić information content (AvgIpc) is 2.98. The quantitative estimate of drug-likeness (QED) is 0.155. The third-order valence-corrected chi connectivity index (χ3v) is 10.6. The van der Waals surface area contributed by atoms with Gasteiger partial charge in [-0.2, -0.15) is 25.9 Å². The number of alkyl halides is 3. The molecule has 0 fully saturated rings. The molecule has 17 heteroatoms. The van der Waals surface area contributed by atoms with Crippen molar-refractivity contribution in [1.29, 1.82) is 0 Å². The lowest BCUT2D eigenvalue weighted by atomic mass is 9.95. The van der Waals surface area contributed by atoms with Crippen LogP contribution >= 0.6 is 0 Å². The maximum Gasteiger partial charge on any atom is 0.416 e. The second-order valence-corrected chi connectivity index (χ2v) is 13.9. The number of fused-ring (bicyclic) bond motifs is 2. The molecule has 0 amide bonds. The number of nitro benzene ring substituents is 1. The van der Waals surface area contributed by atoms with Gasteiger partial charge in [-0.25, -0.2) is 8.42 Å². The van der Waals surface area contributed by atoms with E-state index >= 15 is 0 Å². The van der Waals surface area contributed by atoms with Crippen LogP contribution in [0, 0.1) is 10.1 Å². The number of carbonyl (C=O) groups is 1. The summed E-state index contributed by atoms with van der Waals surface area (Å²) in [4.78, 5) is 23.0. The summed E-state index contributed by atoms with van der Waals surface area (Å²) in [5, 5.41) is 22.5. The van der Waals surface area contributed by atoms with Crippen LogP contribution in [0.5, 0.6) is 5.75 Å². The minimum absolute atomic E-state index is 0.0616. The molecular weight excluding hydrogens is 655 g/mol. The summed E-state index contributed by atoms with van der Waals surface area (Å²) < 4.78 is 99.7. The van der Waals surface area contributed by atoms with Crippen LogP contribution in [0.25, 0.3) is 10.8 Å². The number of hydrogen-bond acceptors (Lipinski definition) is 9. The molecule has 4 aromatic rings. The van der Waals surface area contributed by atoms with E-state index in [1.807, 2.05) is 11.0 Å². The van der Waals surface area contributed by atoms with Crippen LogP contribution in [0.2, 0.25) is 0 Å². The van der Waals surface area contributed by atoms with E-state index in [0.717, 1.165) is 5.69 Å². The molecule has 0 saturated carbocycles. The van der Waals surface area contributed by atoms with Crippen LogP contribution in [-0.4, -0.2) is 57.3 Å². The molecule has 5 rings (SSSR count). The van der Waals surface area contributed by atoms with Crippen molar-refractivity contribution in [3.05, 3.63) is 99.6 Å². The summed E-state index contributed by atoms with van der Waals surface area (Å²) in [6, 6.07) is 12.6. The van der Waals surface area contributed by atoms with Crippen molar-refractivity contribution in [2.24, 2.45) is 0 Å². The van der Waals surface area contributed by atoms with Gasteiger partial charge < -0.3 is 14.2 Å². The minimum Gasteiger partial charge on any atom is -0.480 e. The Bertz CT molecular complexity index is 2120. The molecule has 0 bridgehead atoms. The van der Waals surface area contributed by atoms with Crippen molar-refractivity contribution in [1.82, 2.24) is 4.31 Å². The maximum atomic E-state index is 13.6. The largest absolute Gasteiger partial charge is 0.480 e. The molecule has 12 nitrogen and oxygen atoms in total. The molecule has 1 heterocycles. The molecular formula is C29H24F3N3O9S2. The maximum absolute atomic E-state index is 13.6. The van der Waals surface area contributed by atoms with E-state index in [9.17, 15) is 50.0 Å². The molecule has 1 aliphatic heterocycles. The van der Waals surface area contributed by atoms with Crippen LogP contribution in [-0.2, 0) is 44.1 Å². The van der Waals surface area contributed by atoms with E-state index in [2.05, 4.69) is 0 Å². The van der Waals surface area contributed by atoms with Gasteiger partial charge in [-0.1, -0.05) is 30.3 Å². The smallest absolute Gasteiger partial charge is 0.416 e. The zero-order valence-corrected chi connectivity index (χ0v) is 25.6. The van der Waals surface area contributed by atoms with E-state index in [0.29, 0.717) is 32.8 Å². The number of hydrogen-bond donors (Lipinski definition) is 1. The fourth-order valence-corrected chi connectivity index (χ4v) is 8.12. The SMILES string of the molecule is CN(C)c1cccc2c(S(=O)(=O)Oc3ccc4c(c3)CN(S(=O)(=O)c3ccc(C(F)(F)F)cc3[N+](=O)[O-])[C@H](C(=O)O)C4)cccc12. The van der Waals surface area contributed by atoms with Crippen molar-refractivity contribution in [2.75, 3.05) is 19.0 Å². The van der Waals surface area contributed by atoms with Crippen LogP contribution < -0.4 is 9.08 Å². The standard InChI is InChI=1S/C29H24F3N3O9S2/c1-33(2)23-7-3-6-22-21(23)5-4-8-26(22)46(42,43)44-20-11-9-17-14-25(28(36)37)34(16-18(17)13-20)45(40,41)27-12-10-19(29(30,31)32)15-24(27)35(38)39/h3-13,15,25H,14,16H2,1-2H3,(H,36,37)/t25-/m0/s1. The normalized spacial score (nSPS) is 15.7. The zero-order valence-electron chi connectivity index (χ0n) is 23.9. The third-order valence-electron chi connectivity index (χ3n) is 7.44. The Labute approximate surface area is 260 Å². The number of rotatable bonds is 8. The first kappa shape index (κ1) is 32.6. The Morgan fingerprint density at radius 2 is 1.63 bits per heavy atom. The fourth-order valence-electron chi connectivity index (χ4n) is 5.28. The highest BCUT2D eigenvalue weighted by Crippen LogP contribution is 2.39. The number of anilines is 1. The van der Waals surface area contributed by atoms with Gasteiger partial charge in [0.1, 0.15) is 16.7 Å². The van der Waals surface area contributed by atoms with E-state index in [-0.39, 0.29) is 22.3 Å². The van der Waals surface area contributed by atoms with Crippen molar-refractivity contribution in [3.63, 3.8) is 0 Å². The Kier molecular flexibility index (Phi) is 8.21. The predicted molar refractivity (Wildman–Crippen MR) is 158 cm³/mol. The zero-order chi connectivity index (χ0) is 33.8. The number of aliphatic carboxylic acids is 1. The molecule has 242 valence electrons. The predicted octanol–water partition coefficient (Wildman–Crippen LogP) is 4.80. The lowest BCUT2D eigenvalue weighted by Crippen LogP contribution is -2.48. The Morgan fingerprint density at radius 3 is 2.26 bits per heavy atom. The fraction of sp³-hybridized carbons (Fsp3) is 0.207. The van der Waals surface area contributed by atoms with E-state index < -0.39 is 72.4 Å². The summed E-state index contributed by atoms with van der Waals surface area (Å²) in [5.41, 5.74) is -1.65. The third kappa shape index (κ3) is 5.95. The van der Waals surface area contributed by atoms with Crippen molar-refractivity contribution < 1.29 is 49.0 Å². The van der Waals surface area contributed by atoms with E-state index in [1.54, 1.807) is 38.4 Å². The second kappa shape index (κ2) is 11.6. The van der Waals surface area contributed by atoms with Gasteiger partial charge in [0.2, 0.25) is 0 Å². The minimum atomic E-state index is -5.08. The highest BCUT2D eigenvalue weighted by atomic mass is 32.2. The Hall–Kier alpha value is -4.74. The number of benzene rings is 4. The first-order chi connectivity index (χ1) is 21.4. The summed E-state index contributed by atoms with van der Waals surface area (Å²) in [5.74, 6) is -1.84. The summed E-state index contributed by atoms with van der Waals surface area (Å²) in [7, 11) is -5.94. The number of halogens is 3. The first-order valence-corrected chi connectivity index (χ1v) is 16.1. The Balaban J connectivity index is 1.53. The summed E-state index contributed by atoms with van der Waals surface area (Å²) in [6.07, 6.45) is -5.44. The van der Waals surface area contributed by atoms with Gasteiger partial charge in [0.25, 0.3) is 15.7 Å². The molecule has 4 aromatic carbocycles. The average molecular weight is 680 g/mol. The topological polar surface area (TPSA) is 164 Å². The highest BCUT2D eigenvalue weighted by Gasteiger charge is 2.43. The monoisotopic (exact) mass is 679 g/mol. The van der Waals surface area contributed by atoms with Crippen LogP contribution in [0.1, 0.15) is 16.7 Å². The van der Waals surface area contributed by atoms with Gasteiger partial charge in [-0.05, 0) is 47.5 Å². The molecule has 46 heavy (non-hydrogen) atoms. The molecule has 1 atom stereocenters. The van der Waals surface area contributed by atoms with Gasteiger partial charge >= 0.3 is 22.3 Å². The lowest BCUT2D eigenvalue weighted by Gasteiger charge is -2.33. The lowest BCUT2D eigenvalue weighted by molar-refractivity contribution is -0.388. The van der Waals surface area contributed by atoms with Gasteiger partial charge in [0.05, 0.1) is 10.5 Å².